The SMILES string of the molecule is Cc1nc(CCCc2ccc(Cl)c(Cl)c2)c(C)c(C(=O)N2CCC(N3CCC(O)CC3)CC2)n1. The maximum atomic E-state index is 13.4. The number of likely N-dealkylation sites (tertiary alicyclic amines) is 2. The summed E-state index contributed by atoms with van der Waals surface area (Å²) in [6.45, 7) is 7.23. The zero-order chi connectivity index (χ0) is 24.2. The summed E-state index contributed by atoms with van der Waals surface area (Å²) in [5, 5.41) is 10.9. The molecule has 2 aliphatic heterocycles. The Morgan fingerprint density at radius 3 is 2.38 bits per heavy atom. The molecule has 3 heterocycles. The van der Waals surface area contributed by atoms with Gasteiger partial charge >= 0.3 is 0 Å². The van der Waals surface area contributed by atoms with E-state index in [1.165, 1.54) is 0 Å². The van der Waals surface area contributed by atoms with Crippen molar-refractivity contribution in [3.63, 3.8) is 0 Å². The van der Waals surface area contributed by atoms with Crippen LogP contribution in [0, 0.1) is 13.8 Å². The molecule has 0 saturated carbocycles. The average molecular weight is 505 g/mol. The zero-order valence-electron chi connectivity index (χ0n) is 20.1. The summed E-state index contributed by atoms with van der Waals surface area (Å²) in [6.07, 6.45) is 6.04. The molecule has 0 atom stereocenters. The number of carbonyl (C=O) groups excluding carboxylic acids is 1. The highest BCUT2D eigenvalue weighted by Gasteiger charge is 2.30. The van der Waals surface area contributed by atoms with Gasteiger partial charge in [0.15, 0.2) is 0 Å². The van der Waals surface area contributed by atoms with Gasteiger partial charge in [-0.2, -0.15) is 0 Å². The first kappa shape index (κ1) is 25.4. The molecule has 4 rings (SSSR count). The van der Waals surface area contributed by atoms with E-state index in [0.29, 0.717) is 27.6 Å². The van der Waals surface area contributed by atoms with Crippen molar-refractivity contribution >= 4 is 29.1 Å². The highest BCUT2D eigenvalue weighted by Crippen LogP contribution is 2.25. The molecule has 0 aliphatic carbocycles. The van der Waals surface area contributed by atoms with Gasteiger partial charge in [-0.3, -0.25) is 4.79 Å². The van der Waals surface area contributed by atoms with E-state index in [1.807, 2.05) is 36.9 Å². The molecule has 1 aromatic heterocycles. The van der Waals surface area contributed by atoms with Crippen molar-refractivity contribution < 1.29 is 9.90 Å². The lowest BCUT2D eigenvalue weighted by atomic mass is 9.98. The van der Waals surface area contributed by atoms with Gasteiger partial charge in [0.25, 0.3) is 5.91 Å². The largest absolute Gasteiger partial charge is 0.393 e. The number of aliphatic hydroxyl groups is 1. The number of aliphatic hydroxyl groups excluding tert-OH is 1. The minimum absolute atomic E-state index is 0.0150. The van der Waals surface area contributed by atoms with E-state index in [1.54, 1.807) is 0 Å². The minimum atomic E-state index is -0.153. The van der Waals surface area contributed by atoms with Crippen molar-refractivity contribution in [3.05, 3.63) is 56.6 Å². The maximum Gasteiger partial charge on any atom is 0.272 e. The van der Waals surface area contributed by atoms with Crippen LogP contribution >= 0.6 is 23.2 Å². The Morgan fingerprint density at radius 2 is 1.71 bits per heavy atom. The van der Waals surface area contributed by atoms with Crippen molar-refractivity contribution in [2.24, 2.45) is 0 Å². The fourth-order valence-electron chi connectivity index (χ4n) is 5.13. The van der Waals surface area contributed by atoms with Crippen LogP contribution in [0.4, 0.5) is 0 Å². The molecule has 2 fully saturated rings. The van der Waals surface area contributed by atoms with Crippen LogP contribution in [0.3, 0.4) is 0 Å². The van der Waals surface area contributed by atoms with Crippen LogP contribution in [-0.2, 0) is 12.8 Å². The molecule has 8 heteroatoms. The van der Waals surface area contributed by atoms with E-state index >= 15 is 0 Å². The second-order valence-corrected chi connectivity index (χ2v) is 10.4. The van der Waals surface area contributed by atoms with E-state index < -0.39 is 0 Å². The van der Waals surface area contributed by atoms with Crippen LogP contribution in [-0.4, -0.2) is 69.1 Å². The normalized spacial score (nSPS) is 18.4. The van der Waals surface area contributed by atoms with E-state index in [4.69, 9.17) is 23.2 Å². The molecule has 1 N–H and O–H groups in total. The van der Waals surface area contributed by atoms with Gasteiger partial charge in [0.2, 0.25) is 0 Å². The smallest absolute Gasteiger partial charge is 0.272 e. The van der Waals surface area contributed by atoms with Crippen LogP contribution in [0.2, 0.25) is 10.0 Å². The molecule has 6 nitrogen and oxygen atoms in total. The fourth-order valence-corrected chi connectivity index (χ4v) is 5.45. The van der Waals surface area contributed by atoms with Crippen LogP contribution in [0.15, 0.2) is 18.2 Å². The molecule has 0 radical (unpaired) electrons. The quantitative estimate of drug-likeness (QED) is 0.620. The fraction of sp³-hybridized carbons (Fsp3) is 0.577. The third-order valence-corrected chi connectivity index (χ3v) is 7.93. The van der Waals surface area contributed by atoms with Crippen LogP contribution in [0.5, 0.6) is 0 Å². The lowest BCUT2D eigenvalue weighted by molar-refractivity contribution is 0.0354. The number of hydrogen-bond donors (Lipinski definition) is 1. The molecule has 1 aromatic carbocycles. The Kier molecular flexibility index (Phi) is 8.46. The number of nitrogens with zero attached hydrogens (tertiary/aromatic N) is 4. The molecule has 184 valence electrons. The molecular weight excluding hydrogens is 471 g/mol. The Bertz CT molecular complexity index is 1020. The van der Waals surface area contributed by atoms with Crippen molar-refractivity contribution in [2.75, 3.05) is 26.2 Å². The summed E-state index contributed by atoms with van der Waals surface area (Å²) in [7, 11) is 0. The maximum absolute atomic E-state index is 13.4. The Balaban J connectivity index is 1.36. The van der Waals surface area contributed by atoms with Gasteiger partial charge in [0.1, 0.15) is 11.5 Å². The molecule has 0 unspecified atom stereocenters. The second-order valence-electron chi connectivity index (χ2n) is 9.58. The molecular formula is C26H34Cl2N4O2. The van der Waals surface area contributed by atoms with Crippen molar-refractivity contribution in [2.45, 2.75) is 70.9 Å². The van der Waals surface area contributed by atoms with Gasteiger partial charge in [0, 0.05) is 43.5 Å². The predicted octanol–water partition coefficient (Wildman–Crippen LogP) is 4.64. The summed E-state index contributed by atoms with van der Waals surface area (Å²) < 4.78 is 0. The lowest BCUT2D eigenvalue weighted by Crippen LogP contribution is -2.49. The number of amides is 1. The minimum Gasteiger partial charge on any atom is -0.393 e. The average Bonchev–Trinajstić information content (AvgIpc) is 2.83. The summed E-state index contributed by atoms with van der Waals surface area (Å²) in [5.41, 5.74) is 3.51. The van der Waals surface area contributed by atoms with Gasteiger partial charge in [-0.25, -0.2) is 9.97 Å². The molecule has 2 aliphatic rings. The lowest BCUT2D eigenvalue weighted by Gasteiger charge is -2.41. The highest BCUT2D eigenvalue weighted by atomic mass is 35.5. The van der Waals surface area contributed by atoms with Crippen molar-refractivity contribution in [1.82, 2.24) is 19.8 Å². The molecule has 1 amide bonds. The van der Waals surface area contributed by atoms with Gasteiger partial charge in [-0.15, -0.1) is 0 Å². The first-order valence-electron chi connectivity index (χ1n) is 12.3. The molecule has 0 spiro atoms. The molecule has 2 aromatic rings. The van der Waals surface area contributed by atoms with Crippen LogP contribution in [0.25, 0.3) is 0 Å². The first-order valence-corrected chi connectivity index (χ1v) is 13.1. The van der Waals surface area contributed by atoms with E-state index in [-0.39, 0.29) is 12.0 Å². The number of aryl methyl sites for hydroxylation is 3. The number of hydrogen-bond acceptors (Lipinski definition) is 5. The summed E-state index contributed by atoms with van der Waals surface area (Å²) in [5.74, 6) is 0.654. The van der Waals surface area contributed by atoms with E-state index in [0.717, 1.165) is 87.9 Å². The first-order chi connectivity index (χ1) is 16.3. The van der Waals surface area contributed by atoms with Crippen molar-refractivity contribution in [3.8, 4) is 0 Å². The van der Waals surface area contributed by atoms with E-state index in [9.17, 15) is 9.90 Å². The zero-order valence-corrected chi connectivity index (χ0v) is 21.6. The summed E-state index contributed by atoms with van der Waals surface area (Å²) in [4.78, 5) is 27.0. The van der Waals surface area contributed by atoms with E-state index in [2.05, 4.69) is 14.9 Å². The number of benzene rings is 1. The number of carbonyl (C=O) groups is 1. The van der Waals surface area contributed by atoms with Crippen molar-refractivity contribution in [1.29, 1.82) is 0 Å². The third kappa shape index (κ3) is 6.09. The monoisotopic (exact) mass is 504 g/mol. The van der Waals surface area contributed by atoms with Crippen LogP contribution in [0.1, 0.15) is 65.2 Å². The van der Waals surface area contributed by atoms with Gasteiger partial charge in [-0.05, 0) is 76.5 Å². The molecule has 2 saturated heterocycles. The predicted molar refractivity (Wildman–Crippen MR) is 136 cm³/mol. The van der Waals surface area contributed by atoms with Gasteiger partial charge in [0.05, 0.1) is 16.1 Å². The summed E-state index contributed by atoms with van der Waals surface area (Å²) in [6, 6.07) is 6.24. The number of aromatic nitrogens is 2. The van der Waals surface area contributed by atoms with Gasteiger partial charge in [-0.1, -0.05) is 29.3 Å². The topological polar surface area (TPSA) is 69.6 Å². The number of rotatable bonds is 6. The highest BCUT2D eigenvalue weighted by molar-refractivity contribution is 6.42. The Morgan fingerprint density at radius 1 is 1.00 bits per heavy atom. The number of halogens is 2. The Labute approximate surface area is 212 Å². The summed E-state index contributed by atoms with van der Waals surface area (Å²) >= 11 is 12.2. The third-order valence-electron chi connectivity index (χ3n) is 7.19. The van der Waals surface area contributed by atoms with Gasteiger partial charge < -0.3 is 14.9 Å². The van der Waals surface area contributed by atoms with Crippen LogP contribution < -0.4 is 0 Å². The second kappa shape index (κ2) is 11.3. The number of piperidine rings is 2. The molecule has 34 heavy (non-hydrogen) atoms. The molecule has 0 bridgehead atoms. The standard InChI is InChI=1S/C26H34Cl2N4O2/c1-17-24(5-3-4-19-6-7-22(27)23(28)16-19)29-18(2)30-25(17)26(34)32-12-8-20(9-13-32)31-14-10-21(33)11-15-31/h6-7,16,20-21,33H,3-5,8-15H2,1-2H3. The Hall–Kier alpha value is -1.73.